The highest BCUT2D eigenvalue weighted by molar-refractivity contribution is 5.88. The van der Waals surface area contributed by atoms with Crippen molar-refractivity contribution in [2.75, 3.05) is 32.8 Å². The third kappa shape index (κ3) is 6.34. The summed E-state index contributed by atoms with van der Waals surface area (Å²) in [7, 11) is 0. The normalized spacial score (nSPS) is 43.0. The maximum atomic E-state index is 16.5. The minimum Gasteiger partial charge on any atom is -0.378 e. The number of ether oxygens (including phenoxy) is 1. The van der Waals surface area contributed by atoms with Crippen LogP contribution in [-0.4, -0.2) is 114 Å². The molecule has 6 aliphatic rings. The smallest absolute Gasteiger partial charge is 0.320 e. The molecule has 3 N–H and O–H groups in total. The lowest BCUT2D eigenvalue weighted by atomic mass is 9.72. The van der Waals surface area contributed by atoms with E-state index >= 15 is 8.78 Å². The van der Waals surface area contributed by atoms with Crippen molar-refractivity contribution in [2.45, 2.75) is 121 Å². The van der Waals surface area contributed by atoms with Gasteiger partial charge in [-0.25, -0.2) is 13.6 Å². The van der Waals surface area contributed by atoms with Crippen LogP contribution in [0.2, 0.25) is 0 Å². The molecule has 5 saturated heterocycles. The number of carbonyl (C=O) groups is 2. The Kier molecular flexibility index (Phi) is 10.00. The fraction of sp³-hybridized carbons (Fsp3) is 0.848. The summed E-state index contributed by atoms with van der Waals surface area (Å²) in [5.41, 5.74) is 0. The van der Waals surface area contributed by atoms with Crippen LogP contribution in [0.5, 0.6) is 0 Å². The first-order chi connectivity index (χ1) is 21.7. The highest BCUT2D eigenvalue weighted by Crippen LogP contribution is 2.43. The van der Waals surface area contributed by atoms with Gasteiger partial charge in [0.15, 0.2) is 0 Å². The topological polar surface area (TPSA) is 113 Å². The quantitative estimate of drug-likeness (QED) is 0.325. The Bertz CT molecular complexity index is 1150. The number of alkyl halides is 2. The molecule has 5 aliphatic heterocycles. The van der Waals surface area contributed by atoms with Crippen LogP contribution in [0.25, 0.3) is 0 Å². The van der Waals surface area contributed by atoms with Crippen LogP contribution in [0.4, 0.5) is 13.6 Å². The van der Waals surface area contributed by atoms with Crippen molar-refractivity contribution >= 4 is 11.9 Å². The van der Waals surface area contributed by atoms with Gasteiger partial charge in [0.05, 0.1) is 30.5 Å². The lowest BCUT2D eigenvalue weighted by Crippen LogP contribution is -2.80. The van der Waals surface area contributed by atoms with Crippen molar-refractivity contribution in [3.8, 4) is 6.07 Å². The lowest BCUT2D eigenvalue weighted by molar-refractivity contribution is -0.134. The molecule has 12 heteroatoms. The first-order valence-corrected chi connectivity index (χ1v) is 17.3. The standard InChI is InChI=1S/C33H51F2N7O3/c1-19(2)28-30-21(11-13-37-28)7-6-16-45-25-9-4-8-23(34)27(25)29-24(35)17-22-31(39-33(44)42(30)32(22)38-29)41-15-14-40(18-20(41)3)26(43)10-5-12-36/h5,10,19-25,27-32,37-38H,4,6-9,11,13-18H2,1-3H3,(H,39,44)/b10-5+. The second kappa shape index (κ2) is 13.8. The summed E-state index contributed by atoms with van der Waals surface area (Å²) in [6, 6.07) is 0.834. The van der Waals surface area contributed by atoms with Crippen LogP contribution in [0.1, 0.15) is 65.7 Å². The Morgan fingerprint density at radius 3 is 2.69 bits per heavy atom. The Labute approximate surface area is 266 Å². The van der Waals surface area contributed by atoms with Gasteiger partial charge in [0.2, 0.25) is 5.91 Å². The molecule has 5 heterocycles. The van der Waals surface area contributed by atoms with E-state index in [2.05, 4.69) is 34.7 Å². The highest BCUT2D eigenvalue weighted by Gasteiger charge is 2.57. The summed E-state index contributed by atoms with van der Waals surface area (Å²) in [4.78, 5) is 33.0. The van der Waals surface area contributed by atoms with E-state index in [0.29, 0.717) is 32.7 Å². The van der Waals surface area contributed by atoms with Crippen molar-refractivity contribution in [2.24, 2.45) is 23.7 Å². The fourth-order valence-electron chi connectivity index (χ4n) is 9.51. The highest BCUT2D eigenvalue weighted by atomic mass is 19.1. The Morgan fingerprint density at radius 2 is 1.93 bits per heavy atom. The molecule has 12 unspecified atom stereocenters. The second-order valence-electron chi connectivity index (χ2n) is 14.5. The second-order valence-corrected chi connectivity index (χ2v) is 14.5. The molecule has 0 spiro atoms. The molecule has 0 radical (unpaired) electrons. The Hall–Kier alpha value is -2.33. The number of piperidine rings is 2. The third-order valence-electron chi connectivity index (χ3n) is 11.6. The first kappa shape index (κ1) is 32.6. The molecule has 0 aromatic heterocycles. The number of fused-ring (bicyclic) bond motifs is 5. The predicted octanol–water partition coefficient (Wildman–Crippen LogP) is 2.91. The lowest BCUT2D eigenvalue weighted by Gasteiger charge is -2.60. The number of hydrogen-bond donors (Lipinski definition) is 3. The average molecular weight is 632 g/mol. The van der Waals surface area contributed by atoms with Gasteiger partial charge in [0.1, 0.15) is 12.3 Å². The molecule has 6 rings (SSSR count). The summed E-state index contributed by atoms with van der Waals surface area (Å²) in [5.74, 6) is -0.559. The van der Waals surface area contributed by atoms with E-state index in [0.717, 1.165) is 38.6 Å². The molecule has 0 aromatic carbocycles. The molecular formula is C33H51F2N7O3. The Balaban J connectivity index is 1.35. The summed E-state index contributed by atoms with van der Waals surface area (Å²) in [5, 5.41) is 19.5. The van der Waals surface area contributed by atoms with Crippen molar-refractivity contribution in [1.82, 2.24) is 30.7 Å². The fourth-order valence-corrected chi connectivity index (χ4v) is 9.51. The van der Waals surface area contributed by atoms with Gasteiger partial charge in [-0.1, -0.05) is 13.8 Å². The van der Waals surface area contributed by atoms with Gasteiger partial charge >= 0.3 is 6.03 Å². The van der Waals surface area contributed by atoms with Crippen LogP contribution in [-0.2, 0) is 9.53 Å². The zero-order valence-corrected chi connectivity index (χ0v) is 26.9. The molecular weight excluding hydrogens is 580 g/mol. The summed E-state index contributed by atoms with van der Waals surface area (Å²) < 4.78 is 38.7. The van der Waals surface area contributed by atoms with E-state index in [1.54, 1.807) is 4.90 Å². The molecule has 45 heavy (non-hydrogen) atoms. The SMILES string of the molecule is CC(C)C1NCCC2CCCOC3CCCC(F)C3C3NC4C(CC3F)C(N3CCN(C(=O)/C=C/C#N)CC3C)NC(=O)N4C21. The maximum Gasteiger partial charge on any atom is 0.320 e. The third-order valence-corrected chi connectivity index (χ3v) is 11.6. The first-order valence-electron chi connectivity index (χ1n) is 17.3. The predicted molar refractivity (Wildman–Crippen MR) is 165 cm³/mol. The van der Waals surface area contributed by atoms with E-state index in [1.807, 2.05) is 17.9 Å². The van der Waals surface area contributed by atoms with Crippen molar-refractivity contribution < 1.29 is 23.1 Å². The molecule has 250 valence electrons. The van der Waals surface area contributed by atoms with Gasteiger partial charge in [0, 0.05) is 68.4 Å². The van der Waals surface area contributed by atoms with Gasteiger partial charge in [0.25, 0.3) is 0 Å². The van der Waals surface area contributed by atoms with E-state index in [9.17, 15) is 9.59 Å². The molecule has 1 saturated carbocycles. The number of halogens is 2. The largest absolute Gasteiger partial charge is 0.378 e. The van der Waals surface area contributed by atoms with Gasteiger partial charge in [-0.2, -0.15) is 5.26 Å². The molecule has 3 amide bonds. The number of carbonyl (C=O) groups excluding carboxylic acids is 2. The molecule has 2 bridgehead atoms. The van der Waals surface area contributed by atoms with E-state index in [1.165, 1.54) is 12.2 Å². The number of piperazine rings is 1. The minimum atomic E-state index is -1.29. The van der Waals surface area contributed by atoms with Crippen LogP contribution >= 0.6 is 0 Å². The zero-order chi connectivity index (χ0) is 31.8. The van der Waals surface area contributed by atoms with Gasteiger partial charge in [-0.3, -0.25) is 15.0 Å². The summed E-state index contributed by atoms with van der Waals surface area (Å²) >= 11 is 0. The zero-order valence-electron chi connectivity index (χ0n) is 26.9. The molecule has 0 aromatic rings. The molecule has 10 nitrogen and oxygen atoms in total. The van der Waals surface area contributed by atoms with Gasteiger partial charge < -0.3 is 25.2 Å². The van der Waals surface area contributed by atoms with E-state index in [4.69, 9.17) is 10.00 Å². The molecule has 6 fully saturated rings. The number of amides is 3. The number of rotatable bonds is 3. The van der Waals surface area contributed by atoms with Crippen LogP contribution in [0.15, 0.2) is 12.2 Å². The monoisotopic (exact) mass is 631 g/mol. The molecule has 12 atom stereocenters. The van der Waals surface area contributed by atoms with Crippen molar-refractivity contribution in [3.05, 3.63) is 12.2 Å². The summed E-state index contributed by atoms with van der Waals surface area (Å²) in [6.45, 7) is 9.19. The minimum absolute atomic E-state index is 0.0743. The van der Waals surface area contributed by atoms with Crippen molar-refractivity contribution in [1.29, 1.82) is 5.26 Å². The van der Waals surface area contributed by atoms with Gasteiger partial charge in [-0.05, 0) is 70.3 Å². The number of urea groups is 1. The van der Waals surface area contributed by atoms with E-state index in [-0.39, 0.29) is 60.3 Å². The van der Waals surface area contributed by atoms with Crippen LogP contribution in [0.3, 0.4) is 0 Å². The van der Waals surface area contributed by atoms with Crippen molar-refractivity contribution in [3.63, 3.8) is 0 Å². The number of allylic oxidation sites excluding steroid dienone is 1. The van der Waals surface area contributed by atoms with E-state index < -0.39 is 36.6 Å². The number of nitriles is 1. The number of hydrogen-bond acceptors (Lipinski definition) is 7. The number of nitrogens with one attached hydrogen (secondary N) is 3. The average Bonchev–Trinajstić information content (AvgIpc) is 3.01. The molecule has 1 aliphatic carbocycles. The maximum absolute atomic E-state index is 16.5. The van der Waals surface area contributed by atoms with Crippen LogP contribution < -0.4 is 16.0 Å². The van der Waals surface area contributed by atoms with Crippen LogP contribution in [0, 0.1) is 35.0 Å². The van der Waals surface area contributed by atoms with Gasteiger partial charge in [-0.15, -0.1) is 0 Å². The summed E-state index contributed by atoms with van der Waals surface area (Å²) in [6.07, 6.45) is 3.54. The number of nitrogens with zero attached hydrogens (tertiary/aromatic N) is 4. The Morgan fingerprint density at radius 1 is 1.11 bits per heavy atom.